The summed E-state index contributed by atoms with van der Waals surface area (Å²) in [6.45, 7) is 2.23. The highest BCUT2D eigenvalue weighted by Gasteiger charge is 2.09. The molecule has 0 aromatic heterocycles. The Morgan fingerprint density at radius 3 is 2.65 bits per heavy atom. The Labute approximate surface area is 109 Å². The Bertz CT molecular complexity index is 457. The number of hydrogen-bond acceptors (Lipinski definition) is 3. The van der Waals surface area contributed by atoms with E-state index in [1.165, 1.54) is 6.08 Å². The number of carbonyl (C=O) groups is 1. The maximum absolute atomic E-state index is 11.5. The summed E-state index contributed by atoms with van der Waals surface area (Å²) in [5.41, 5.74) is 0.805. The Kier molecular flexibility index (Phi) is 5.44. The second kappa shape index (κ2) is 6.87. The number of hydrogen-bond donors (Lipinski definition) is 0. The van der Waals surface area contributed by atoms with Crippen LogP contribution in [-0.2, 0) is 9.53 Å². The van der Waals surface area contributed by atoms with Crippen LogP contribution in [0.4, 0.5) is 0 Å². The van der Waals surface area contributed by atoms with Gasteiger partial charge in [0.1, 0.15) is 11.6 Å². The van der Waals surface area contributed by atoms with Gasteiger partial charge in [-0.25, -0.2) is 4.79 Å². The molecule has 0 saturated heterocycles. The highest BCUT2D eigenvalue weighted by atomic mass is 79.9. The quantitative estimate of drug-likeness (QED) is 0.486. The van der Waals surface area contributed by atoms with E-state index < -0.39 is 5.97 Å². The number of nitrogens with zero attached hydrogens (tertiary/aromatic N) is 1. The number of esters is 1. The van der Waals surface area contributed by atoms with Gasteiger partial charge in [-0.05, 0) is 30.2 Å². The Morgan fingerprint density at radius 2 is 2.12 bits per heavy atom. The lowest BCUT2D eigenvalue weighted by atomic mass is 10.1. The van der Waals surface area contributed by atoms with Gasteiger partial charge in [-0.2, -0.15) is 5.26 Å². The molecule has 0 aliphatic heterocycles. The third-order valence-electron chi connectivity index (χ3n) is 1.96. The van der Waals surface area contributed by atoms with Crippen molar-refractivity contribution in [1.82, 2.24) is 0 Å². The van der Waals surface area contributed by atoms with Crippen LogP contribution < -0.4 is 0 Å². The average Bonchev–Trinajstić information content (AvgIpc) is 2.35. The van der Waals surface area contributed by atoms with Gasteiger partial charge in [0.25, 0.3) is 0 Å². The molecule has 3 nitrogen and oxygen atoms in total. The summed E-state index contributed by atoms with van der Waals surface area (Å²) >= 11 is 3.31. The molecule has 0 fully saturated rings. The van der Waals surface area contributed by atoms with Gasteiger partial charge in [-0.3, -0.25) is 0 Å². The Hall–Kier alpha value is -1.60. The van der Waals surface area contributed by atoms with Crippen LogP contribution in [0.25, 0.3) is 6.08 Å². The second-order valence-corrected chi connectivity index (χ2v) is 4.27. The highest BCUT2D eigenvalue weighted by Crippen LogP contribution is 2.13. The zero-order chi connectivity index (χ0) is 12.7. The lowest BCUT2D eigenvalue weighted by Gasteiger charge is -2.01. The Balaban J connectivity index is 2.83. The van der Waals surface area contributed by atoms with Gasteiger partial charge in [0.05, 0.1) is 6.61 Å². The number of carbonyl (C=O) groups excluding carboxylic acids is 1. The molecule has 1 aromatic carbocycles. The van der Waals surface area contributed by atoms with Crippen molar-refractivity contribution < 1.29 is 9.53 Å². The van der Waals surface area contributed by atoms with Gasteiger partial charge < -0.3 is 4.74 Å². The minimum atomic E-state index is -0.572. The van der Waals surface area contributed by atoms with Crippen LogP contribution in [0.3, 0.4) is 0 Å². The second-order valence-electron chi connectivity index (χ2n) is 3.36. The van der Waals surface area contributed by atoms with E-state index in [1.807, 2.05) is 37.3 Å². The topological polar surface area (TPSA) is 50.1 Å². The molecule has 0 aliphatic rings. The maximum Gasteiger partial charge on any atom is 0.348 e. The van der Waals surface area contributed by atoms with E-state index >= 15 is 0 Å². The molecule has 0 unspecified atom stereocenters. The van der Waals surface area contributed by atoms with Crippen LogP contribution in [0.5, 0.6) is 0 Å². The van der Waals surface area contributed by atoms with Gasteiger partial charge in [0, 0.05) is 4.47 Å². The SMILES string of the molecule is CCCOC(=O)C(C#N)=Cc1ccc(Br)cc1. The van der Waals surface area contributed by atoms with Crippen molar-refractivity contribution in [2.75, 3.05) is 6.61 Å². The molecular formula is C13H12BrNO2. The minimum absolute atomic E-state index is 0.0146. The number of ether oxygens (including phenoxy) is 1. The van der Waals surface area contributed by atoms with E-state index in [2.05, 4.69) is 15.9 Å². The minimum Gasteiger partial charge on any atom is -0.462 e. The lowest BCUT2D eigenvalue weighted by molar-refractivity contribution is -0.138. The summed E-state index contributed by atoms with van der Waals surface area (Å²) < 4.78 is 5.85. The lowest BCUT2D eigenvalue weighted by Crippen LogP contribution is -2.07. The number of halogens is 1. The van der Waals surface area contributed by atoms with E-state index in [0.717, 1.165) is 16.5 Å². The fourth-order valence-electron chi connectivity index (χ4n) is 1.14. The molecule has 1 aromatic rings. The molecule has 0 heterocycles. The molecule has 0 saturated carbocycles. The zero-order valence-electron chi connectivity index (χ0n) is 9.44. The summed E-state index contributed by atoms with van der Waals surface area (Å²) in [5.74, 6) is -0.572. The average molecular weight is 294 g/mol. The van der Waals surface area contributed by atoms with Crippen LogP contribution in [0.2, 0.25) is 0 Å². The summed E-state index contributed by atoms with van der Waals surface area (Å²) in [4.78, 5) is 11.5. The van der Waals surface area contributed by atoms with Crippen molar-refractivity contribution in [2.45, 2.75) is 13.3 Å². The predicted octanol–water partition coefficient (Wildman–Crippen LogP) is 3.31. The zero-order valence-corrected chi connectivity index (χ0v) is 11.0. The standard InChI is InChI=1S/C13H12BrNO2/c1-2-7-17-13(16)11(9-15)8-10-3-5-12(14)6-4-10/h3-6,8H,2,7H2,1H3. The third-order valence-corrected chi connectivity index (χ3v) is 2.49. The summed E-state index contributed by atoms with van der Waals surface area (Å²) in [6, 6.07) is 9.17. The molecule has 4 heteroatoms. The molecule has 0 spiro atoms. The summed E-state index contributed by atoms with van der Waals surface area (Å²) in [7, 11) is 0. The molecule has 0 aliphatic carbocycles. The van der Waals surface area contributed by atoms with E-state index in [0.29, 0.717) is 6.61 Å². The maximum atomic E-state index is 11.5. The van der Waals surface area contributed by atoms with Crippen LogP contribution in [0.1, 0.15) is 18.9 Å². The van der Waals surface area contributed by atoms with E-state index in [4.69, 9.17) is 10.00 Å². The van der Waals surface area contributed by atoms with Gasteiger partial charge >= 0.3 is 5.97 Å². The molecule has 17 heavy (non-hydrogen) atoms. The van der Waals surface area contributed by atoms with Crippen molar-refractivity contribution in [3.05, 3.63) is 39.9 Å². The molecule has 0 bridgehead atoms. The first-order valence-electron chi connectivity index (χ1n) is 5.22. The normalized spacial score (nSPS) is 10.8. The predicted molar refractivity (Wildman–Crippen MR) is 69.0 cm³/mol. The Morgan fingerprint density at radius 1 is 1.47 bits per heavy atom. The molecule has 88 valence electrons. The van der Waals surface area contributed by atoms with Crippen molar-refractivity contribution >= 4 is 28.0 Å². The molecule has 0 N–H and O–H groups in total. The molecule has 0 radical (unpaired) electrons. The molecule has 0 amide bonds. The van der Waals surface area contributed by atoms with Crippen LogP contribution in [-0.4, -0.2) is 12.6 Å². The van der Waals surface area contributed by atoms with E-state index in [1.54, 1.807) is 0 Å². The van der Waals surface area contributed by atoms with E-state index in [-0.39, 0.29) is 5.57 Å². The smallest absolute Gasteiger partial charge is 0.348 e. The van der Waals surface area contributed by atoms with Crippen LogP contribution >= 0.6 is 15.9 Å². The monoisotopic (exact) mass is 293 g/mol. The highest BCUT2D eigenvalue weighted by molar-refractivity contribution is 9.10. The first-order valence-corrected chi connectivity index (χ1v) is 6.01. The van der Waals surface area contributed by atoms with Crippen molar-refractivity contribution in [3.8, 4) is 6.07 Å². The van der Waals surface area contributed by atoms with E-state index in [9.17, 15) is 4.79 Å². The number of nitriles is 1. The van der Waals surface area contributed by atoms with Gasteiger partial charge in [0.2, 0.25) is 0 Å². The van der Waals surface area contributed by atoms with Gasteiger partial charge in [-0.15, -0.1) is 0 Å². The molecular weight excluding hydrogens is 282 g/mol. The molecule has 0 atom stereocenters. The third kappa shape index (κ3) is 4.41. The van der Waals surface area contributed by atoms with Crippen LogP contribution in [0, 0.1) is 11.3 Å². The summed E-state index contributed by atoms with van der Waals surface area (Å²) in [6.07, 6.45) is 2.26. The summed E-state index contributed by atoms with van der Waals surface area (Å²) in [5, 5.41) is 8.88. The van der Waals surface area contributed by atoms with Gasteiger partial charge in [-0.1, -0.05) is 35.0 Å². The number of benzene rings is 1. The van der Waals surface area contributed by atoms with Crippen molar-refractivity contribution in [1.29, 1.82) is 5.26 Å². The fraction of sp³-hybridized carbons (Fsp3) is 0.231. The molecule has 1 rings (SSSR count). The first kappa shape index (κ1) is 13.5. The largest absolute Gasteiger partial charge is 0.462 e. The number of rotatable bonds is 4. The van der Waals surface area contributed by atoms with Crippen molar-refractivity contribution in [3.63, 3.8) is 0 Å². The van der Waals surface area contributed by atoms with Crippen molar-refractivity contribution in [2.24, 2.45) is 0 Å². The van der Waals surface area contributed by atoms with Crippen LogP contribution in [0.15, 0.2) is 34.3 Å². The first-order chi connectivity index (χ1) is 8.17. The fourth-order valence-corrected chi connectivity index (χ4v) is 1.40. The van der Waals surface area contributed by atoms with Gasteiger partial charge in [0.15, 0.2) is 0 Å².